The van der Waals surface area contributed by atoms with Crippen molar-refractivity contribution in [3.05, 3.63) is 35.9 Å². The number of pyridine rings is 1. The van der Waals surface area contributed by atoms with Crippen LogP contribution in [0, 0.1) is 16.7 Å². The van der Waals surface area contributed by atoms with Gasteiger partial charge in [-0.3, -0.25) is 0 Å². The SMILES string of the molecule is CC(C)(CCCO)CNc1cc(C#N)c2ccccc2n1. The fourth-order valence-electron chi connectivity index (χ4n) is 2.33. The molecule has 2 N–H and O–H groups in total. The van der Waals surface area contributed by atoms with Gasteiger partial charge in [0, 0.05) is 18.5 Å². The van der Waals surface area contributed by atoms with E-state index in [2.05, 4.69) is 30.2 Å². The van der Waals surface area contributed by atoms with Crippen LogP contribution in [-0.2, 0) is 0 Å². The second-order valence-electron chi connectivity index (χ2n) is 6.03. The quantitative estimate of drug-likeness (QED) is 0.853. The van der Waals surface area contributed by atoms with E-state index in [1.807, 2.05) is 24.3 Å². The number of benzene rings is 1. The molecule has 0 atom stereocenters. The van der Waals surface area contributed by atoms with Crippen LogP contribution in [-0.4, -0.2) is 23.2 Å². The molecule has 110 valence electrons. The highest BCUT2D eigenvalue weighted by Crippen LogP contribution is 2.24. The lowest BCUT2D eigenvalue weighted by Crippen LogP contribution is -2.23. The lowest BCUT2D eigenvalue weighted by atomic mass is 9.88. The van der Waals surface area contributed by atoms with E-state index < -0.39 is 0 Å². The predicted molar refractivity (Wildman–Crippen MR) is 85.0 cm³/mol. The Morgan fingerprint density at radius 2 is 2.10 bits per heavy atom. The van der Waals surface area contributed by atoms with Gasteiger partial charge in [0.1, 0.15) is 5.82 Å². The molecule has 0 unspecified atom stereocenters. The highest BCUT2D eigenvalue weighted by Gasteiger charge is 2.17. The van der Waals surface area contributed by atoms with Gasteiger partial charge < -0.3 is 10.4 Å². The van der Waals surface area contributed by atoms with Crippen molar-refractivity contribution in [2.45, 2.75) is 26.7 Å². The zero-order valence-electron chi connectivity index (χ0n) is 12.6. The van der Waals surface area contributed by atoms with Crippen LogP contribution >= 0.6 is 0 Å². The maximum absolute atomic E-state index is 9.27. The predicted octanol–water partition coefficient (Wildman–Crippen LogP) is 3.32. The second-order valence-corrected chi connectivity index (χ2v) is 6.03. The Bertz CT molecular complexity index is 659. The minimum absolute atomic E-state index is 0.0723. The zero-order valence-corrected chi connectivity index (χ0v) is 12.6. The average Bonchev–Trinajstić information content (AvgIpc) is 2.50. The lowest BCUT2D eigenvalue weighted by Gasteiger charge is -2.25. The fraction of sp³-hybridized carbons (Fsp3) is 0.412. The number of nitrogens with zero attached hydrogens (tertiary/aromatic N) is 2. The molecular weight excluding hydrogens is 262 g/mol. The van der Waals surface area contributed by atoms with Crippen molar-refractivity contribution in [3.63, 3.8) is 0 Å². The zero-order chi connectivity index (χ0) is 15.3. The number of anilines is 1. The molecule has 0 fully saturated rings. The Hall–Kier alpha value is -2.12. The topological polar surface area (TPSA) is 68.9 Å². The van der Waals surface area contributed by atoms with E-state index in [9.17, 15) is 5.26 Å². The Kier molecular flexibility index (Phi) is 4.77. The number of aliphatic hydroxyl groups is 1. The van der Waals surface area contributed by atoms with E-state index in [0.29, 0.717) is 5.56 Å². The molecular formula is C17H21N3O. The number of rotatable bonds is 6. The third-order valence-electron chi connectivity index (χ3n) is 3.60. The van der Waals surface area contributed by atoms with E-state index >= 15 is 0 Å². The first-order valence-corrected chi connectivity index (χ1v) is 7.20. The summed E-state index contributed by atoms with van der Waals surface area (Å²) in [5.74, 6) is 0.724. The minimum Gasteiger partial charge on any atom is -0.396 e. The van der Waals surface area contributed by atoms with E-state index in [0.717, 1.165) is 36.1 Å². The Labute approximate surface area is 125 Å². The Morgan fingerprint density at radius 1 is 1.33 bits per heavy atom. The molecule has 0 spiro atoms. The largest absolute Gasteiger partial charge is 0.396 e. The number of nitriles is 1. The molecule has 0 bridgehead atoms. The molecule has 21 heavy (non-hydrogen) atoms. The first-order valence-electron chi connectivity index (χ1n) is 7.20. The number of para-hydroxylation sites is 1. The molecule has 0 amide bonds. The summed E-state index contributed by atoms with van der Waals surface area (Å²) in [4.78, 5) is 4.56. The van der Waals surface area contributed by atoms with Crippen molar-refractivity contribution < 1.29 is 5.11 Å². The molecule has 1 heterocycles. The van der Waals surface area contributed by atoms with E-state index in [-0.39, 0.29) is 12.0 Å². The molecule has 0 saturated heterocycles. The maximum atomic E-state index is 9.27. The van der Waals surface area contributed by atoms with Crippen LogP contribution in [0.4, 0.5) is 5.82 Å². The molecule has 4 heteroatoms. The van der Waals surface area contributed by atoms with Gasteiger partial charge in [-0.25, -0.2) is 4.98 Å². The van der Waals surface area contributed by atoms with Crippen molar-refractivity contribution in [1.29, 1.82) is 5.26 Å². The fourth-order valence-corrected chi connectivity index (χ4v) is 2.33. The van der Waals surface area contributed by atoms with Crippen LogP contribution in [0.25, 0.3) is 10.9 Å². The van der Waals surface area contributed by atoms with Crippen molar-refractivity contribution in [2.75, 3.05) is 18.5 Å². The third-order valence-corrected chi connectivity index (χ3v) is 3.60. The van der Waals surface area contributed by atoms with Gasteiger partial charge in [-0.2, -0.15) is 5.26 Å². The van der Waals surface area contributed by atoms with Crippen LogP contribution < -0.4 is 5.32 Å². The first-order chi connectivity index (χ1) is 10.1. The van der Waals surface area contributed by atoms with Gasteiger partial charge in [-0.15, -0.1) is 0 Å². The number of aromatic nitrogens is 1. The summed E-state index contributed by atoms with van der Waals surface area (Å²) >= 11 is 0. The number of fused-ring (bicyclic) bond motifs is 1. The van der Waals surface area contributed by atoms with Gasteiger partial charge in [0.15, 0.2) is 0 Å². The smallest absolute Gasteiger partial charge is 0.128 e. The van der Waals surface area contributed by atoms with Crippen molar-refractivity contribution in [1.82, 2.24) is 4.98 Å². The molecule has 0 aliphatic heterocycles. The van der Waals surface area contributed by atoms with Gasteiger partial charge >= 0.3 is 0 Å². The molecule has 1 aromatic carbocycles. The molecule has 0 aliphatic carbocycles. The normalized spacial score (nSPS) is 11.3. The van der Waals surface area contributed by atoms with Crippen LogP contribution in [0.3, 0.4) is 0 Å². The summed E-state index contributed by atoms with van der Waals surface area (Å²) in [6.07, 6.45) is 1.73. The van der Waals surface area contributed by atoms with Crippen LogP contribution in [0.15, 0.2) is 30.3 Å². The Morgan fingerprint density at radius 3 is 2.81 bits per heavy atom. The molecule has 1 aromatic heterocycles. The summed E-state index contributed by atoms with van der Waals surface area (Å²) in [6, 6.07) is 11.7. The van der Waals surface area contributed by atoms with Crippen molar-refractivity contribution in [2.24, 2.45) is 5.41 Å². The standard InChI is InChI=1S/C17H21N3O/c1-17(2,8-5-9-21)12-19-16-10-13(11-18)14-6-3-4-7-15(14)20-16/h3-4,6-7,10,21H,5,8-9,12H2,1-2H3,(H,19,20). The lowest BCUT2D eigenvalue weighted by molar-refractivity contribution is 0.248. The number of nitrogens with one attached hydrogen (secondary N) is 1. The van der Waals surface area contributed by atoms with Gasteiger partial charge in [0.25, 0.3) is 0 Å². The average molecular weight is 283 g/mol. The minimum atomic E-state index is 0.0723. The third kappa shape index (κ3) is 3.93. The second kappa shape index (κ2) is 6.55. The highest BCUT2D eigenvalue weighted by atomic mass is 16.2. The van der Waals surface area contributed by atoms with Gasteiger partial charge in [0.05, 0.1) is 17.1 Å². The van der Waals surface area contributed by atoms with Gasteiger partial charge in [0.2, 0.25) is 0 Å². The number of hydrogen-bond donors (Lipinski definition) is 2. The molecule has 4 nitrogen and oxygen atoms in total. The summed E-state index contributed by atoms with van der Waals surface area (Å²) in [5, 5.41) is 22.4. The maximum Gasteiger partial charge on any atom is 0.128 e. The van der Waals surface area contributed by atoms with E-state index in [1.165, 1.54) is 0 Å². The monoisotopic (exact) mass is 283 g/mol. The van der Waals surface area contributed by atoms with Gasteiger partial charge in [-0.1, -0.05) is 32.0 Å². The number of aliphatic hydroxyl groups excluding tert-OH is 1. The molecule has 2 aromatic rings. The molecule has 2 rings (SSSR count). The van der Waals surface area contributed by atoms with Gasteiger partial charge in [-0.05, 0) is 30.4 Å². The Balaban J connectivity index is 2.18. The highest BCUT2D eigenvalue weighted by molar-refractivity contribution is 5.86. The molecule has 0 aliphatic rings. The van der Waals surface area contributed by atoms with Crippen molar-refractivity contribution >= 4 is 16.7 Å². The summed E-state index contributed by atoms with van der Waals surface area (Å²) in [6.45, 7) is 5.28. The van der Waals surface area contributed by atoms with Crippen LogP contribution in [0.1, 0.15) is 32.3 Å². The number of hydrogen-bond acceptors (Lipinski definition) is 4. The summed E-state index contributed by atoms with van der Waals surface area (Å²) in [5.41, 5.74) is 1.53. The van der Waals surface area contributed by atoms with E-state index in [1.54, 1.807) is 6.07 Å². The summed E-state index contributed by atoms with van der Waals surface area (Å²) < 4.78 is 0. The van der Waals surface area contributed by atoms with Crippen LogP contribution in [0.5, 0.6) is 0 Å². The first kappa shape index (κ1) is 15.3. The van der Waals surface area contributed by atoms with E-state index in [4.69, 9.17) is 5.11 Å². The molecule has 0 radical (unpaired) electrons. The van der Waals surface area contributed by atoms with Crippen LogP contribution in [0.2, 0.25) is 0 Å². The van der Waals surface area contributed by atoms with Crippen molar-refractivity contribution in [3.8, 4) is 6.07 Å². The molecule has 0 saturated carbocycles. The summed E-state index contributed by atoms with van der Waals surface area (Å²) in [7, 11) is 0.